The van der Waals surface area contributed by atoms with Gasteiger partial charge in [-0.1, -0.05) is 6.07 Å². The van der Waals surface area contributed by atoms with Crippen molar-refractivity contribution in [3.05, 3.63) is 48.0 Å². The Morgan fingerprint density at radius 1 is 1.08 bits per heavy atom. The van der Waals surface area contributed by atoms with E-state index in [1.54, 1.807) is 17.2 Å². The number of nitrogens with zero attached hydrogens (tertiary/aromatic N) is 5. The molecule has 1 aliphatic heterocycles. The summed E-state index contributed by atoms with van der Waals surface area (Å²) in [6.07, 6.45) is 3.23. The van der Waals surface area contributed by atoms with Crippen molar-refractivity contribution in [3.8, 4) is 0 Å². The smallest absolute Gasteiger partial charge is 0.325 e. The molecule has 0 bridgehead atoms. The van der Waals surface area contributed by atoms with Gasteiger partial charge in [0, 0.05) is 45.1 Å². The number of carboxylic acids is 1. The third-order valence-corrected chi connectivity index (χ3v) is 3.99. The van der Waals surface area contributed by atoms with E-state index in [0.29, 0.717) is 18.8 Å². The van der Waals surface area contributed by atoms with Crippen molar-refractivity contribution in [2.24, 2.45) is 0 Å². The fraction of sp³-hybridized carbons (Fsp3) is 0.375. The first-order chi connectivity index (χ1) is 11.6. The van der Waals surface area contributed by atoms with Crippen LogP contribution in [0.4, 0.5) is 0 Å². The van der Waals surface area contributed by atoms with Crippen molar-refractivity contribution in [2.75, 3.05) is 26.2 Å². The second kappa shape index (κ2) is 7.22. The molecule has 1 N–H and O–H groups in total. The van der Waals surface area contributed by atoms with E-state index in [1.165, 1.54) is 10.9 Å². The van der Waals surface area contributed by atoms with Crippen LogP contribution in [-0.2, 0) is 17.9 Å². The van der Waals surface area contributed by atoms with Crippen molar-refractivity contribution in [3.63, 3.8) is 0 Å². The Hall–Kier alpha value is -2.74. The van der Waals surface area contributed by atoms with E-state index in [2.05, 4.69) is 15.0 Å². The fourth-order valence-electron chi connectivity index (χ4n) is 2.76. The van der Waals surface area contributed by atoms with Gasteiger partial charge in [-0.05, 0) is 18.2 Å². The summed E-state index contributed by atoms with van der Waals surface area (Å²) in [6.45, 7) is 3.17. The van der Waals surface area contributed by atoms with Gasteiger partial charge in [0.25, 0.3) is 5.91 Å². The van der Waals surface area contributed by atoms with Crippen LogP contribution in [0, 0.1) is 0 Å². The monoisotopic (exact) mass is 329 g/mol. The van der Waals surface area contributed by atoms with Crippen LogP contribution in [0.25, 0.3) is 0 Å². The average molecular weight is 329 g/mol. The lowest BCUT2D eigenvalue weighted by Crippen LogP contribution is -2.48. The number of pyridine rings is 1. The normalized spacial score (nSPS) is 15.4. The van der Waals surface area contributed by atoms with Crippen LogP contribution in [0.5, 0.6) is 0 Å². The van der Waals surface area contributed by atoms with Crippen LogP contribution >= 0.6 is 0 Å². The number of amides is 1. The molecular formula is C16H19N5O3. The van der Waals surface area contributed by atoms with Crippen molar-refractivity contribution >= 4 is 11.9 Å². The van der Waals surface area contributed by atoms with E-state index in [-0.39, 0.29) is 12.5 Å². The Balaban J connectivity index is 1.57. The quantitative estimate of drug-likeness (QED) is 0.849. The molecule has 0 spiro atoms. The number of carbonyl (C=O) groups excluding carboxylic acids is 1. The zero-order chi connectivity index (χ0) is 16.9. The van der Waals surface area contributed by atoms with Crippen molar-refractivity contribution in [1.82, 2.24) is 24.6 Å². The summed E-state index contributed by atoms with van der Waals surface area (Å²) in [7, 11) is 0. The molecule has 3 heterocycles. The highest BCUT2D eigenvalue weighted by Crippen LogP contribution is 2.11. The third-order valence-electron chi connectivity index (χ3n) is 3.99. The second-order valence-corrected chi connectivity index (χ2v) is 5.66. The fourth-order valence-corrected chi connectivity index (χ4v) is 2.76. The lowest BCUT2D eigenvalue weighted by Gasteiger charge is -2.34. The van der Waals surface area contributed by atoms with Crippen molar-refractivity contribution in [1.29, 1.82) is 0 Å². The summed E-state index contributed by atoms with van der Waals surface area (Å²) < 4.78 is 1.23. The molecule has 1 aliphatic rings. The first-order valence-corrected chi connectivity index (χ1v) is 7.78. The van der Waals surface area contributed by atoms with E-state index in [0.717, 1.165) is 25.3 Å². The minimum atomic E-state index is -1.02. The maximum absolute atomic E-state index is 12.6. The summed E-state index contributed by atoms with van der Waals surface area (Å²) in [6, 6.07) is 7.40. The SMILES string of the molecule is O=C(O)Cn1nccc1C(=O)N1CCN(Cc2ccccn2)CC1. The Labute approximate surface area is 139 Å². The first-order valence-electron chi connectivity index (χ1n) is 7.78. The number of aliphatic carboxylic acids is 1. The van der Waals surface area contributed by atoms with E-state index >= 15 is 0 Å². The molecule has 0 unspecified atom stereocenters. The van der Waals surface area contributed by atoms with Crippen LogP contribution in [0.3, 0.4) is 0 Å². The number of hydrogen-bond donors (Lipinski definition) is 1. The minimum absolute atomic E-state index is 0.175. The molecule has 2 aromatic rings. The molecule has 0 saturated carbocycles. The molecular weight excluding hydrogens is 310 g/mol. The molecule has 126 valence electrons. The number of piperazine rings is 1. The highest BCUT2D eigenvalue weighted by Gasteiger charge is 2.25. The van der Waals surface area contributed by atoms with Gasteiger partial charge in [-0.3, -0.25) is 19.5 Å². The van der Waals surface area contributed by atoms with Crippen LogP contribution < -0.4 is 0 Å². The average Bonchev–Trinajstić information content (AvgIpc) is 3.03. The summed E-state index contributed by atoms with van der Waals surface area (Å²) in [5.41, 5.74) is 1.33. The summed E-state index contributed by atoms with van der Waals surface area (Å²) in [5.74, 6) is -1.20. The number of carbonyl (C=O) groups is 2. The Morgan fingerprint density at radius 3 is 2.54 bits per heavy atom. The topological polar surface area (TPSA) is 91.6 Å². The molecule has 24 heavy (non-hydrogen) atoms. The number of aromatic nitrogens is 3. The number of carboxylic acid groups (broad SMARTS) is 1. The van der Waals surface area contributed by atoms with Crippen LogP contribution in [0.2, 0.25) is 0 Å². The molecule has 8 nitrogen and oxygen atoms in total. The maximum Gasteiger partial charge on any atom is 0.325 e. The van der Waals surface area contributed by atoms with Crippen LogP contribution in [-0.4, -0.2) is 67.7 Å². The molecule has 0 atom stereocenters. The van der Waals surface area contributed by atoms with Gasteiger partial charge in [0.05, 0.1) is 5.69 Å². The van der Waals surface area contributed by atoms with E-state index < -0.39 is 5.97 Å². The van der Waals surface area contributed by atoms with Gasteiger partial charge >= 0.3 is 5.97 Å². The Morgan fingerprint density at radius 2 is 1.88 bits per heavy atom. The molecule has 0 radical (unpaired) electrons. The molecule has 0 aromatic carbocycles. The summed E-state index contributed by atoms with van der Waals surface area (Å²) in [4.78, 5) is 31.7. The first kappa shape index (κ1) is 16.1. The van der Waals surface area contributed by atoms with E-state index in [1.807, 2.05) is 18.2 Å². The van der Waals surface area contributed by atoms with Crippen LogP contribution in [0.15, 0.2) is 36.7 Å². The van der Waals surface area contributed by atoms with Gasteiger partial charge < -0.3 is 10.0 Å². The second-order valence-electron chi connectivity index (χ2n) is 5.66. The van der Waals surface area contributed by atoms with Gasteiger partial charge in [-0.15, -0.1) is 0 Å². The van der Waals surface area contributed by atoms with Crippen molar-refractivity contribution in [2.45, 2.75) is 13.1 Å². The van der Waals surface area contributed by atoms with Gasteiger partial charge in [0.1, 0.15) is 12.2 Å². The largest absolute Gasteiger partial charge is 0.480 e. The predicted molar refractivity (Wildman–Crippen MR) is 85.3 cm³/mol. The zero-order valence-electron chi connectivity index (χ0n) is 13.2. The number of rotatable bonds is 5. The summed E-state index contributed by atoms with van der Waals surface area (Å²) in [5, 5.41) is 12.8. The molecule has 2 aromatic heterocycles. The summed E-state index contributed by atoms with van der Waals surface area (Å²) >= 11 is 0. The minimum Gasteiger partial charge on any atom is -0.480 e. The Bertz CT molecular complexity index is 708. The molecule has 1 fully saturated rings. The molecule has 1 saturated heterocycles. The number of hydrogen-bond acceptors (Lipinski definition) is 5. The molecule has 1 amide bonds. The Kier molecular flexibility index (Phi) is 4.85. The lowest BCUT2D eigenvalue weighted by molar-refractivity contribution is -0.137. The standard InChI is InChI=1S/C16H19N5O3/c22-15(23)12-21-14(4-6-18-21)16(24)20-9-7-19(8-10-20)11-13-3-1-2-5-17-13/h1-6H,7-12H2,(H,22,23). The van der Waals surface area contributed by atoms with E-state index in [4.69, 9.17) is 5.11 Å². The van der Waals surface area contributed by atoms with Crippen LogP contribution in [0.1, 0.15) is 16.2 Å². The highest BCUT2D eigenvalue weighted by molar-refractivity contribution is 5.93. The van der Waals surface area contributed by atoms with Crippen molar-refractivity contribution < 1.29 is 14.7 Å². The van der Waals surface area contributed by atoms with Gasteiger partial charge in [-0.2, -0.15) is 5.10 Å². The van der Waals surface area contributed by atoms with E-state index in [9.17, 15) is 9.59 Å². The molecule has 3 rings (SSSR count). The predicted octanol–water partition coefficient (Wildman–Crippen LogP) is 0.321. The highest BCUT2D eigenvalue weighted by atomic mass is 16.4. The zero-order valence-corrected chi connectivity index (χ0v) is 13.2. The van der Waals surface area contributed by atoms with Gasteiger partial charge in [0.2, 0.25) is 0 Å². The van der Waals surface area contributed by atoms with Gasteiger partial charge in [0.15, 0.2) is 0 Å². The molecule has 8 heteroatoms. The molecule has 0 aliphatic carbocycles. The van der Waals surface area contributed by atoms with Gasteiger partial charge in [-0.25, -0.2) is 4.68 Å². The lowest BCUT2D eigenvalue weighted by atomic mass is 10.2. The maximum atomic E-state index is 12.6. The third kappa shape index (κ3) is 3.77.